The molecule has 0 aliphatic heterocycles. The number of nitrogens with one attached hydrogen (secondary N) is 2. The average Bonchev–Trinajstić information content (AvgIpc) is 3.42. The third kappa shape index (κ3) is 4.36. The van der Waals surface area contributed by atoms with Gasteiger partial charge in [0, 0.05) is 11.6 Å². The van der Waals surface area contributed by atoms with Crippen molar-refractivity contribution in [2.45, 2.75) is 36.6 Å². The molecule has 0 atom stereocenters. The minimum atomic E-state index is -3.67. The lowest BCUT2D eigenvalue weighted by atomic mass is 10.2. The van der Waals surface area contributed by atoms with Crippen LogP contribution in [0.5, 0.6) is 0 Å². The van der Waals surface area contributed by atoms with Gasteiger partial charge < -0.3 is 5.32 Å². The first-order valence-corrected chi connectivity index (χ1v) is 10.9. The number of amides is 1. The highest BCUT2D eigenvalue weighted by Crippen LogP contribution is 2.22. The summed E-state index contributed by atoms with van der Waals surface area (Å²) in [7, 11) is -3.67. The Morgan fingerprint density at radius 2 is 1.86 bits per heavy atom. The number of nitrogens with zero attached hydrogens (tertiary/aromatic N) is 3. The maximum atomic E-state index is 12.8. The van der Waals surface area contributed by atoms with E-state index in [2.05, 4.69) is 20.4 Å². The predicted molar refractivity (Wildman–Crippen MR) is 108 cm³/mol. The molecule has 29 heavy (non-hydrogen) atoms. The second-order valence-corrected chi connectivity index (χ2v) is 8.66. The Morgan fingerprint density at radius 1 is 1.07 bits per heavy atom. The fraction of sp³-hybridized carbons (Fsp3) is 0.250. The van der Waals surface area contributed by atoms with Crippen molar-refractivity contribution in [3.05, 3.63) is 66.5 Å². The van der Waals surface area contributed by atoms with Crippen molar-refractivity contribution < 1.29 is 13.2 Å². The zero-order valence-electron chi connectivity index (χ0n) is 15.7. The smallest absolute Gasteiger partial charge is 0.255 e. The molecule has 4 rings (SSSR count). The van der Waals surface area contributed by atoms with Crippen LogP contribution in [0.3, 0.4) is 0 Å². The highest BCUT2D eigenvalue weighted by atomic mass is 32.2. The summed E-state index contributed by atoms with van der Waals surface area (Å²) in [6.07, 6.45) is 6.97. The van der Waals surface area contributed by atoms with Crippen molar-refractivity contribution in [1.82, 2.24) is 19.7 Å². The molecule has 1 aromatic heterocycles. The quantitative estimate of drug-likeness (QED) is 0.649. The highest BCUT2D eigenvalue weighted by Gasteiger charge is 2.23. The maximum Gasteiger partial charge on any atom is 0.255 e. The largest absolute Gasteiger partial charge is 0.320 e. The summed E-state index contributed by atoms with van der Waals surface area (Å²) in [5, 5.41) is 10.6. The lowest BCUT2D eigenvalue weighted by molar-refractivity contribution is 0.102. The Morgan fingerprint density at radius 3 is 2.62 bits per heavy atom. The molecule has 1 amide bonds. The van der Waals surface area contributed by atoms with Gasteiger partial charge in [-0.25, -0.2) is 17.8 Å². The summed E-state index contributed by atoms with van der Waals surface area (Å²) in [5.74, 6) is -0.407. The van der Waals surface area contributed by atoms with Crippen LogP contribution < -0.4 is 10.0 Å². The Labute approximate surface area is 169 Å². The summed E-state index contributed by atoms with van der Waals surface area (Å²) in [6, 6.07) is 13.2. The van der Waals surface area contributed by atoms with Gasteiger partial charge in [0.25, 0.3) is 5.91 Å². The Hall–Kier alpha value is -3.04. The fourth-order valence-electron chi connectivity index (χ4n) is 3.45. The van der Waals surface area contributed by atoms with Gasteiger partial charge in [-0.1, -0.05) is 36.3 Å². The van der Waals surface area contributed by atoms with Crippen molar-refractivity contribution in [3.8, 4) is 5.69 Å². The van der Waals surface area contributed by atoms with E-state index in [0.29, 0.717) is 11.4 Å². The second-order valence-electron chi connectivity index (χ2n) is 6.95. The van der Waals surface area contributed by atoms with Gasteiger partial charge in [0.1, 0.15) is 0 Å². The van der Waals surface area contributed by atoms with Crippen molar-refractivity contribution >= 4 is 21.6 Å². The zero-order chi connectivity index (χ0) is 20.3. The van der Waals surface area contributed by atoms with E-state index in [1.807, 2.05) is 6.07 Å². The molecule has 150 valence electrons. The zero-order valence-corrected chi connectivity index (χ0v) is 16.5. The monoisotopic (exact) mass is 411 g/mol. The van der Waals surface area contributed by atoms with E-state index in [1.54, 1.807) is 47.4 Å². The molecule has 1 heterocycles. The molecule has 0 unspecified atom stereocenters. The van der Waals surface area contributed by atoms with Gasteiger partial charge in [-0.2, -0.15) is 0 Å². The average molecular weight is 411 g/mol. The van der Waals surface area contributed by atoms with Crippen LogP contribution in [0.15, 0.2) is 65.8 Å². The first-order valence-electron chi connectivity index (χ1n) is 9.42. The number of hydrogen-bond donors (Lipinski definition) is 2. The van der Waals surface area contributed by atoms with E-state index in [4.69, 9.17) is 0 Å². The number of para-hydroxylation sites is 2. The Kier molecular flexibility index (Phi) is 5.41. The van der Waals surface area contributed by atoms with Crippen molar-refractivity contribution in [2.75, 3.05) is 5.32 Å². The van der Waals surface area contributed by atoms with Crippen LogP contribution in [0.4, 0.5) is 5.69 Å². The number of benzene rings is 2. The first-order chi connectivity index (χ1) is 14.0. The molecule has 0 spiro atoms. The van der Waals surface area contributed by atoms with E-state index < -0.39 is 15.9 Å². The van der Waals surface area contributed by atoms with E-state index >= 15 is 0 Å². The lowest BCUT2D eigenvalue weighted by Gasteiger charge is -2.14. The number of hydrogen-bond acceptors (Lipinski definition) is 5. The second kappa shape index (κ2) is 8.14. The summed E-state index contributed by atoms with van der Waals surface area (Å²) in [4.78, 5) is 12.9. The van der Waals surface area contributed by atoms with Gasteiger partial charge in [0.05, 0.1) is 28.7 Å². The highest BCUT2D eigenvalue weighted by molar-refractivity contribution is 7.89. The van der Waals surface area contributed by atoms with Crippen LogP contribution >= 0.6 is 0 Å². The van der Waals surface area contributed by atoms with Crippen LogP contribution in [-0.4, -0.2) is 35.4 Å². The molecule has 2 aromatic carbocycles. The number of carbonyl (C=O) groups excluding carboxylic acids is 1. The molecule has 1 aliphatic rings. The summed E-state index contributed by atoms with van der Waals surface area (Å²) >= 11 is 0. The standard InChI is InChI=1S/C20H21N5O3S/c26-20(22-18-10-3-4-11-19(18)25-13-12-21-24-25)15-6-5-9-17(14-15)29(27,28)23-16-7-1-2-8-16/h3-6,9-14,16,23H,1-2,7-8H2,(H,22,26). The van der Waals surface area contributed by atoms with Gasteiger partial charge in [0.15, 0.2) is 0 Å². The molecule has 0 radical (unpaired) electrons. The van der Waals surface area contributed by atoms with Gasteiger partial charge >= 0.3 is 0 Å². The molecule has 1 fully saturated rings. The van der Waals surface area contributed by atoms with E-state index in [1.165, 1.54) is 12.1 Å². The molecule has 1 saturated carbocycles. The minimum Gasteiger partial charge on any atom is -0.320 e. The van der Waals surface area contributed by atoms with Gasteiger partial charge in [-0.05, 0) is 43.2 Å². The molecular formula is C20H21N5O3S. The molecular weight excluding hydrogens is 390 g/mol. The summed E-state index contributed by atoms with van der Waals surface area (Å²) < 4.78 is 29.6. The van der Waals surface area contributed by atoms with Crippen LogP contribution in [0.1, 0.15) is 36.0 Å². The number of anilines is 1. The van der Waals surface area contributed by atoms with Gasteiger partial charge in [-0.3, -0.25) is 4.79 Å². The third-order valence-corrected chi connectivity index (χ3v) is 6.42. The Balaban J connectivity index is 1.56. The Bertz CT molecular complexity index is 1110. The first kappa shape index (κ1) is 19.3. The van der Waals surface area contributed by atoms with Crippen molar-refractivity contribution in [1.29, 1.82) is 0 Å². The number of sulfonamides is 1. The van der Waals surface area contributed by atoms with Crippen molar-refractivity contribution in [3.63, 3.8) is 0 Å². The number of rotatable bonds is 6. The lowest BCUT2D eigenvalue weighted by Crippen LogP contribution is -2.32. The predicted octanol–water partition coefficient (Wildman–Crippen LogP) is 2.74. The SMILES string of the molecule is O=C(Nc1ccccc1-n1ccnn1)c1cccc(S(=O)(=O)NC2CCCC2)c1. The van der Waals surface area contributed by atoms with Gasteiger partial charge in [-0.15, -0.1) is 5.10 Å². The molecule has 0 saturated heterocycles. The van der Waals surface area contributed by atoms with Crippen LogP contribution in [0.2, 0.25) is 0 Å². The summed E-state index contributed by atoms with van der Waals surface area (Å²) in [5.41, 5.74) is 1.46. The van der Waals surface area contributed by atoms with E-state index in [9.17, 15) is 13.2 Å². The van der Waals surface area contributed by atoms with Crippen LogP contribution in [0.25, 0.3) is 5.69 Å². The molecule has 8 nitrogen and oxygen atoms in total. The number of carbonyl (C=O) groups is 1. The molecule has 2 N–H and O–H groups in total. The van der Waals surface area contributed by atoms with Crippen molar-refractivity contribution in [2.24, 2.45) is 0 Å². The number of aromatic nitrogens is 3. The molecule has 0 bridgehead atoms. The topological polar surface area (TPSA) is 106 Å². The summed E-state index contributed by atoms with van der Waals surface area (Å²) in [6.45, 7) is 0. The molecule has 9 heteroatoms. The normalized spacial score (nSPS) is 14.8. The fourth-order valence-corrected chi connectivity index (χ4v) is 4.80. The van der Waals surface area contributed by atoms with Gasteiger partial charge in [0.2, 0.25) is 10.0 Å². The molecule has 1 aliphatic carbocycles. The van der Waals surface area contributed by atoms with Crippen LogP contribution in [-0.2, 0) is 10.0 Å². The van der Waals surface area contributed by atoms with E-state index in [-0.39, 0.29) is 16.5 Å². The van der Waals surface area contributed by atoms with Crippen LogP contribution in [0, 0.1) is 0 Å². The maximum absolute atomic E-state index is 12.8. The molecule has 3 aromatic rings. The minimum absolute atomic E-state index is 0.0351. The van der Waals surface area contributed by atoms with E-state index in [0.717, 1.165) is 25.7 Å². The third-order valence-electron chi connectivity index (χ3n) is 4.91.